The third-order valence-corrected chi connectivity index (χ3v) is 5.05. The van der Waals surface area contributed by atoms with E-state index in [1.54, 1.807) is 11.2 Å². The Morgan fingerprint density at radius 1 is 1.22 bits per heavy atom. The van der Waals surface area contributed by atoms with Crippen LogP contribution in [0.5, 0.6) is 0 Å². The predicted molar refractivity (Wildman–Crippen MR) is 93.3 cm³/mol. The molecule has 5 heteroatoms. The molecule has 23 heavy (non-hydrogen) atoms. The zero-order valence-electron chi connectivity index (χ0n) is 13.4. The molecule has 1 amide bonds. The van der Waals surface area contributed by atoms with Gasteiger partial charge < -0.3 is 9.32 Å². The van der Waals surface area contributed by atoms with Crippen LogP contribution in [0.1, 0.15) is 17.4 Å². The molecule has 1 aliphatic heterocycles. The second kappa shape index (κ2) is 7.70. The number of hydrogen-bond acceptors (Lipinski definition) is 4. The molecule has 1 aromatic carbocycles. The zero-order chi connectivity index (χ0) is 16.1. The van der Waals surface area contributed by atoms with Crippen molar-refractivity contribution in [3.05, 3.63) is 60.1 Å². The maximum Gasteiger partial charge on any atom is 0.244 e. The maximum atomic E-state index is 13.1. The molecule has 122 valence electrons. The lowest BCUT2D eigenvalue weighted by atomic mass is 10.0. The fraction of sp³-hybridized carbons (Fsp3) is 0.389. The van der Waals surface area contributed by atoms with Crippen molar-refractivity contribution in [2.75, 3.05) is 31.6 Å². The van der Waals surface area contributed by atoms with Gasteiger partial charge in [0.25, 0.3) is 0 Å². The molecule has 3 rings (SSSR count). The summed E-state index contributed by atoms with van der Waals surface area (Å²) in [5.41, 5.74) is 1.07. The number of likely N-dealkylation sites (N-methyl/N-ethyl adjacent to an activating group) is 1. The summed E-state index contributed by atoms with van der Waals surface area (Å²) in [5, 5.41) is 0. The third kappa shape index (κ3) is 3.98. The average molecular weight is 330 g/mol. The Balaban J connectivity index is 1.80. The average Bonchev–Trinajstić information content (AvgIpc) is 3.10. The van der Waals surface area contributed by atoms with Crippen LogP contribution in [0.15, 0.2) is 53.1 Å². The Bertz CT molecular complexity index is 609. The highest BCUT2D eigenvalue weighted by molar-refractivity contribution is 7.99. The van der Waals surface area contributed by atoms with Gasteiger partial charge in [-0.3, -0.25) is 9.69 Å². The molecule has 2 heterocycles. The Kier molecular flexibility index (Phi) is 5.41. The van der Waals surface area contributed by atoms with Crippen LogP contribution in [0, 0.1) is 0 Å². The van der Waals surface area contributed by atoms with E-state index in [0.29, 0.717) is 6.54 Å². The number of nitrogens with zero attached hydrogens (tertiary/aromatic N) is 2. The van der Waals surface area contributed by atoms with Crippen LogP contribution in [0.3, 0.4) is 0 Å². The number of thioether (sulfide) groups is 1. The summed E-state index contributed by atoms with van der Waals surface area (Å²) in [6.45, 7) is 2.40. The molecule has 0 N–H and O–H groups in total. The number of rotatable bonds is 5. The van der Waals surface area contributed by atoms with E-state index in [-0.39, 0.29) is 11.9 Å². The van der Waals surface area contributed by atoms with Crippen molar-refractivity contribution in [3.63, 3.8) is 0 Å². The second-order valence-corrected chi connectivity index (χ2v) is 6.96. The summed E-state index contributed by atoms with van der Waals surface area (Å²) in [5.74, 6) is 3.10. The molecular formula is C18H22N2O2S. The van der Waals surface area contributed by atoms with Crippen LogP contribution < -0.4 is 0 Å². The highest BCUT2D eigenvalue weighted by Gasteiger charge is 2.31. The van der Waals surface area contributed by atoms with Crippen molar-refractivity contribution >= 4 is 17.7 Å². The first kappa shape index (κ1) is 16.1. The standard InChI is InChI=1S/C18H22N2O2S/c1-19(14-16-8-5-11-22-16)18(21)17(15-6-3-2-4-7-15)20-9-12-23-13-10-20/h2-8,11,17H,9-10,12-14H2,1H3. The number of carbonyl (C=O) groups is 1. The van der Waals surface area contributed by atoms with E-state index in [9.17, 15) is 4.79 Å². The van der Waals surface area contributed by atoms with Gasteiger partial charge in [0.2, 0.25) is 5.91 Å². The van der Waals surface area contributed by atoms with Crippen LogP contribution in [-0.2, 0) is 11.3 Å². The van der Waals surface area contributed by atoms with Gasteiger partial charge in [-0.05, 0) is 17.7 Å². The van der Waals surface area contributed by atoms with Gasteiger partial charge in [-0.2, -0.15) is 11.8 Å². The molecule has 0 aliphatic carbocycles. The minimum absolute atomic E-state index is 0.125. The number of benzene rings is 1. The minimum atomic E-state index is -0.211. The van der Waals surface area contributed by atoms with E-state index in [0.717, 1.165) is 35.9 Å². The van der Waals surface area contributed by atoms with E-state index in [4.69, 9.17) is 4.42 Å². The van der Waals surface area contributed by atoms with Crippen LogP contribution in [0.4, 0.5) is 0 Å². The molecule has 1 fully saturated rings. The lowest BCUT2D eigenvalue weighted by Gasteiger charge is -2.35. The van der Waals surface area contributed by atoms with Crippen molar-refractivity contribution in [2.45, 2.75) is 12.6 Å². The van der Waals surface area contributed by atoms with Crippen molar-refractivity contribution < 1.29 is 9.21 Å². The Labute approximate surface area is 141 Å². The Hall–Kier alpha value is -1.72. The number of amides is 1. The number of carbonyl (C=O) groups excluding carboxylic acids is 1. The first-order chi connectivity index (χ1) is 11.3. The largest absolute Gasteiger partial charge is 0.467 e. The van der Waals surface area contributed by atoms with E-state index in [2.05, 4.69) is 4.90 Å². The fourth-order valence-corrected chi connectivity index (χ4v) is 3.83. The van der Waals surface area contributed by atoms with Gasteiger partial charge in [0.05, 0.1) is 12.8 Å². The van der Waals surface area contributed by atoms with Gasteiger partial charge in [0.15, 0.2) is 0 Å². The molecule has 4 nitrogen and oxygen atoms in total. The van der Waals surface area contributed by atoms with Crippen LogP contribution >= 0.6 is 11.8 Å². The predicted octanol–water partition coefficient (Wildman–Crippen LogP) is 3.03. The monoisotopic (exact) mass is 330 g/mol. The van der Waals surface area contributed by atoms with E-state index < -0.39 is 0 Å². The zero-order valence-corrected chi connectivity index (χ0v) is 14.2. The third-order valence-electron chi connectivity index (χ3n) is 4.11. The Morgan fingerprint density at radius 2 is 1.96 bits per heavy atom. The topological polar surface area (TPSA) is 36.7 Å². The van der Waals surface area contributed by atoms with Crippen molar-refractivity contribution in [3.8, 4) is 0 Å². The number of furan rings is 1. The van der Waals surface area contributed by atoms with Gasteiger partial charge in [-0.15, -0.1) is 0 Å². The van der Waals surface area contributed by atoms with E-state index in [1.165, 1.54) is 0 Å². The van der Waals surface area contributed by atoms with Crippen molar-refractivity contribution in [2.24, 2.45) is 0 Å². The SMILES string of the molecule is CN(Cc1ccco1)C(=O)C(c1ccccc1)N1CCSCC1. The van der Waals surface area contributed by atoms with Gasteiger partial charge in [-0.25, -0.2) is 0 Å². The van der Waals surface area contributed by atoms with E-state index >= 15 is 0 Å². The van der Waals surface area contributed by atoms with Gasteiger partial charge >= 0.3 is 0 Å². The fourth-order valence-electron chi connectivity index (χ4n) is 2.90. The first-order valence-corrected chi connectivity index (χ1v) is 9.05. The molecule has 0 bridgehead atoms. The lowest BCUT2D eigenvalue weighted by molar-refractivity contribution is -0.136. The van der Waals surface area contributed by atoms with Crippen molar-refractivity contribution in [1.82, 2.24) is 9.80 Å². The highest BCUT2D eigenvalue weighted by Crippen LogP contribution is 2.26. The van der Waals surface area contributed by atoms with Gasteiger partial charge in [0, 0.05) is 31.6 Å². The smallest absolute Gasteiger partial charge is 0.244 e. The normalized spacial score (nSPS) is 16.9. The van der Waals surface area contributed by atoms with Crippen LogP contribution in [0.25, 0.3) is 0 Å². The molecule has 1 atom stereocenters. The summed E-state index contributed by atoms with van der Waals surface area (Å²) < 4.78 is 5.37. The summed E-state index contributed by atoms with van der Waals surface area (Å²) in [7, 11) is 1.85. The summed E-state index contributed by atoms with van der Waals surface area (Å²) in [6.07, 6.45) is 1.64. The first-order valence-electron chi connectivity index (χ1n) is 7.90. The molecule has 2 aromatic rings. The minimum Gasteiger partial charge on any atom is -0.467 e. The Morgan fingerprint density at radius 3 is 2.61 bits per heavy atom. The van der Waals surface area contributed by atoms with Crippen LogP contribution in [-0.4, -0.2) is 47.3 Å². The van der Waals surface area contributed by atoms with Gasteiger partial charge in [-0.1, -0.05) is 30.3 Å². The molecule has 0 spiro atoms. The molecule has 1 aliphatic rings. The quantitative estimate of drug-likeness (QED) is 0.844. The van der Waals surface area contributed by atoms with Crippen LogP contribution in [0.2, 0.25) is 0 Å². The number of hydrogen-bond donors (Lipinski definition) is 0. The molecule has 0 radical (unpaired) electrons. The lowest BCUT2D eigenvalue weighted by Crippen LogP contribution is -2.44. The molecule has 1 aromatic heterocycles. The molecule has 1 saturated heterocycles. The second-order valence-electron chi connectivity index (χ2n) is 5.74. The van der Waals surface area contributed by atoms with Crippen molar-refractivity contribution in [1.29, 1.82) is 0 Å². The summed E-state index contributed by atoms with van der Waals surface area (Å²) in [6, 6.07) is 13.6. The van der Waals surface area contributed by atoms with E-state index in [1.807, 2.05) is 61.3 Å². The molecular weight excluding hydrogens is 308 g/mol. The molecule has 0 saturated carbocycles. The highest BCUT2D eigenvalue weighted by atomic mass is 32.2. The maximum absolute atomic E-state index is 13.1. The summed E-state index contributed by atoms with van der Waals surface area (Å²) in [4.78, 5) is 17.2. The van der Waals surface area contributed by atoms with Gasteiger partial charge in [0.1, 0.15) is 11.8 Å². The summed E-state index contributed by atoms with van der Waals surface area (Å²) >= 11 is 1.95. The molecule has 1 unspecified atom stereocenters.